The summed E-state index contributed by atoms with van der Waals surface area (Å²) in [5.41, 5.74) is 3.51. The van der Waals surface area contributed by atoms with E-state index in [1.54, 1.807) is 6.20 Å². The number of fused-ring (bicyclic) bond motifs is 1. The maximum Gasteiger partial charge on any atom is 0.223 e. The lowest BCUT2D eigenvalue weighted by molar-refractivity contribution is 0.126. The van der Waals surface area contributed by atoms with Gasteiger partial charge in [-0.15, -0.1) is 0 Å². The van der Waals surface area contributed by atoms with Gasteiger partial charge in [0.25, 0.3) is 0 Å². The summed E-state index contributed by atoms with van der Waals surface area (Å²) < 4.78 is 0. The molecular formula is C19H22N6O. The van der Waals surface area contributed by atoms with E-state index in [1.807, 2.05) is 12.1 Å². The normalized spacial score (nSPS) is 20.1. The first-order valence-electron chi connectivity index (χ1n) is 8.93. The van der Waals surface area contributed by atoms with Crippen molar-refractivity contribution in [2.24, 2.45) is 0 Å². The van der Waals surface area contributed by atoms with Crippen LogP contribution < -0.4 is 10.6 Å². The Balaban J connectivity index is 1.60. The average molecular weight is 350 g/mol. The van der Waals surface area contributed by atoms with Crippen LogP contribution in [0, 0.1) is 6.92 Å². The Labute approximate surface area is 151 Å². The Morgan fingerprint density at radius 1 is 1.08 bits per heavy atom. The van der Waals surface area contributed by atoms with Crippen LogP contribution in [0.1, 0.15) is 31.2 Å². The summed E-state index contributed by atoms with van der Waals surface area (Å²) in [4.78, 5) is 17.6. The van der Waals surface area contributed by atoms with Crippen LogP contribution in [0.2, 0.25) is 0 Å². The number of aryl methyl sites for hydroxylation is 1. The molecule has 134 valence electrons. The fourth-order valence-corrected chi connectivity index (χ4v) is 3.28. The monoisotopic (exact) mass is 350 g/mol. The third kappa shape index (κ3) is 3.72. The molecule has 0 bridgehead atoms. The summed E-state index contributed by atoms with van der Waals surface area (Å²) in [6, 6.07) is 8.39. The molecule has 1 fully saturated rings. The molecule has 0 saturated heterocycles. The molecular weight excluding hydrogens is 328 g/mol. The number of hydrogen-bond donors (Lipinski definition) is 3. The highest BCUT2D eigenvalue weighted by molar-refractivity contribution is 5.87. The topological polar surface area (TPSA) is 95.9 Å². The van der Waals surface area contributed by atoms with Gasteiger partial charge in [0.05, 0.1) is 12.3 Å². The molecule has 1 saturated carbocycles. The molecule has 1 aliphatic rings. The molecule has 0 atom stereocenters. The van der Waals surface area contributed by atoms with Crippen LogP contribution in [0.5, 0.6) is 0 Å². The quantitative estimate of drug-likeness (QED) is 0.665. The van der Waals surface area contributed by atoms with Gasteiger partial charge < -0.3 is 15.7 Å². The van der Waals surface area contributed by atoms with Crippen molar-refractivity contribution < 1.29 is 5.11 Å². The minimum absolute atomic E-state index is 0.177. The molecule has 1 aliphatic carbocycles. The molecule has 0 amide bonds. The standard InChI is InChI=1S/C19H22N6O/c1-12-3-2-4-14(9-12)23-18-17-16(21-11-22-18)10-20-19(25-17)24-13-5-7-15(26)8-6-13/h2-4,9-11,13,15,26H,5-8H2,1H3,(H,20,24,25)(H,21,22,23). The first kappa shape index (κ1) is 16.7. The number of anilines is 3. The predicted octanol–water partition coefficient (Wildman–Crippen LogP) is 3.19. The summed E-state index contributed by atoms with van der Waals surface area (Å²) in [5, 5.41) is 16.3. The summed E-state index contributed by atoms with van der Waals surface area (Å²) >= 11 is 0. The van der Waals surface area contributed by atoms with Gasteiger partial charge in [-0.3, -0.25) is 0 Å². The summed E-state index contributed by atoms with van der Waals surface area (Å²) in [5.74, 6) is 1.23. The molecule has 4 rings (SSSR count). The summed E-state index contributed by atoms with van der Waals surface area (Å²) in [6.45, 7) is 2.05. The van der Waals surface area contributed by atoms with Gasteiger partial charge in [-0.2, -0.15) is 0 Å². The van der Waals surface area contributed by atoms with Crippen molar-refractivity contribution in [1.82, 2.24) is 19.9 Å². The van der Waals surface area contributed by atoms with E-state index in [4.69, 9.17) is 0 Å². The van der Waals surface area contributed by atoms with Gasteiger partial charge in [-0.25, -0.2) is 19.9 Å². The lowest BCUT2D eigenvalue weighted by atomic mass is 9.93. The Morgan fingerprint density at radius 2 is 1.92 bits per heavy atom. The number of benzene rings is 1. The van der Waals surface area contributed by atoms with E-state index < -0.39 is 0 Å². The van der Waals surface area contributed by atoms with Crippen LogP contribution in [0.15, 0.2) is 36.8 Å². The maximum absolute atomic E-state index is 9.65. The van der Waals surface area contributed by atoms with Crippen molar-refractivity contribution in [3.63, 3.8) is 0 Å². The third-order valence-electron chi connectivity index (χ3n) is 4.69. The Morgan fingerprint density at radius 3 is 2.73 bits per heavy atom. The number of rotatable bonds is 4. The van der Waals surface area contributed by atoms with Crippen LogP contribution in [0.3, 0.4) is 0 Å². The Kier molecular flexibility index (Phi) is 4.62. The molecule has 0 aliphatic heterocycles. The maximum atomic E-state index is 9.65. The van der Waals surface area contributed by atoms with Crippen LogP contribution >= 0.6 is 0 Å². The van der Waals surface area contributed by atoms with E-state index in [1.165, 1.54) is 11.9 Å². The highest BCUT2D eigenvalue weighted by atomic mass is 16.3. The van der Waals surface area contributed by atoms with Crippen LogP contribution in [0.4, 0.5) is 17.5 Å². The SMILES string of the molecule is Cc1cccc(Nc2ncnc3cnc(NC4CCC(O)CC4)nc23)c1. The molecule has 0 radical (unpaired) electrons. The smallest absolute Gasteiger partial charge is 0.223 e. The molecule has 7 nitrogen and oxygen atoms in total. The zero-order chi connectivity index (χ0) is 17.9. The van der Waals surface area contributed by atoms with Gasteiger partial charge in [0.1, 0.15) is 17.4 Å². The van der Waals surface area contributed by atoms with Crippen molar-refractivity contribution in [3.05, 3.63) is 42.4 Å². The number of aliphatic hydroxyl groups excluding tert-OH is 1. The highest BCUT2D eigenvalue weighted by Gasteiger charge is 2.20. The molecule has 2 aromatic heterocycles. The van der Waals surface area contributed by atoms with Crippen LogP contribution in [-0.2, 0) is 0 Å². The van der Waals surface area contributed by atoms with Crippen molar-refractivity contribution in [2.75, 3.05) is 10.6 Å². The number of nitrogens with zero attached hydrogens (tertiary/aromatic N) is 4. The molecule has 3 aromatic rings. The van der Waals surface area contributed by atoms with E-state index in [0.29, 0.717) is 22.8 Å². The highest BCUT2D eigenvalue weighted by Crippen LogP contribution is 2.24. The van der Waals surface area contributed by atoms with Gasteiger partial charge in [0.15, 0.2) is 5.82 Å². The fraction of sp³-hybridized carbons (Fsp3) is 0.368. The molecule has 1 aromatic carbocycles. The minimum atomic E-state index is -0.177. The van der Waals surface area contributed by atoms with E-state index in [0.717, 1.165) is 31.4 Å². The largest absolute Gasteiger partial charge is 0.393 e. The van der Waals surface area contributed by atoms with E-state index >= 15 is 0 Å². The molecule has 2 heterocycles. The van der Waals surface area contributed by atoms with Gasteiger partial charge >= 0.3 is 0 Å². The zero-order valence-corrected chi connectivity index (χ0v) is 14.7. The molecule has 0 unspecified atom stereocenters. The van der Waals surface area contributed by atoms with Gasteiger partial charge in [-0.05, 0) is 50.3 Å². The number of aliphatic hydroxyl groups is 1. The van der Waals surface area contributed by atoms with E-state index in [-0.39, 0.29) is 12.1 Å². The fourth-order valence-electron chi connectivity index (χ4n) is 3.28. The lowest BCUT2D eigenvalue weighted by Crippen LogP contribution is -2.28. The van der Waals surface area contributed by atoms with Crippen molar-refractivity contribution in [2.45, 2.75) is 44.8 Å². The molecule has 3 N–H and O–H groups in total. The van der Waals surface area contributed by atoms with E-state index in [2.05, 4.69) is 49.6 Å². The van der Waals surface area contributed by atoms with Gasteiger partial charge in [0, 0.05) is 11.7 Å². The van der Waals surface area contributed by atoms with Crippen molar-refractivity contribution >= 4 is 28.5 Å². The van der Waals surface area contributed by atoms with Crippen molar-refractivity contribution in [3.8, 4) is 0 Å². The first-order chi connectivity index (χ1) is 12.7. The first-order valence-corrected chi connectivity index (χ1v) is 8.93. The summed E-state index contributed by atoms with van der Waals surface area (Å²) in [6.07, 6.45) is 6.52. The number of hydrogen-bond acceptors (Lipinski definition) is 7. The predicted molar refractivity (Wildman–Crippen MR) is 101 cm³/mol. The number of aromatic nitrogens is 4. The Hall–Kier alpha value is -2.80. The zero-order valence-electron chi connectivity index (χ0n) is 14.7. The second kappa shape index (κ2) is 7.21. The van der Waals surface area contributed by atoms with Crippen LogP contribution in [-0.4, -0.2) is 37.2 Å². The second-order valence-electron chi connectivity index (χ2n) is 6.79. The van der Waals surface area contributed by atoms with Crippen molar-refractivity contribution in [1.29, 1.82) is 0 Å². The minimum Gasteiger partial charge on any atom is -0.393 e. The number of nitrogens with one attached hydrogen (secondary N) is 2. The molecule has 7 heteroatoms. The van der Waals surface area contributed by atoms with E-state index in [9.17, 15) is 5.11 Å². The Bertz CT molecular complexity index is 907. The van der Waals surface area contributed by atoms with Gasteiger partial charge in [-0.1, -0.05) is 12.1 Å². The van der Waals surface area contributed by atoms with Gasteiger partial charge in [0.2, 0.25) is 5.95 Å². The third-order valence-corrected chi connectivity index (χ3v) is 4.69. The average Bonchev–Trinajstić information content (AvgIpc) is 2.64. The lowest BCUT2D eigenvalue weighted by Gasteiger charge is -2.26. The molecule has 26 heavy (non-hydrogen) atoms. The van der Waals surface area contributed by atoms with Crippen LogP contribution in [0.25, 0.3) is 11.0 Å². The molecule has 0 spiro atoms. The summed E-state index contributed by atoms with van der Waals surface area (Å²) in [7, 11) is 0. The second-order valence-corrected chi connectivity index (χ2v) is 6.79.